The monoisotopic (exact) mass is 285 g/mol. The first-order chi connectivity index (χ1) is 8.86. The molecule has 0 saturated carbocycles. The van der Waals surface area contributed by atoms with Gasteiger partial charge in [0.15, 0.2) is 0 Å². The number of nitrogens with zero attached hydrogens (tertiary/aromatic N) is 1. The van der Waals surface area contributed by atoms with Crippen LogP contribution in [0.5, 0.6) is 0 Å². The summed E-state index contributed by atoms with van der Waals surface area (Å²) in [5, 5.41) is 9.80. The molecule has 0 radical (unpaired) electrons. The van der Waals surface area contributed by atoms with Crippen molar-refractivity contribution in [2.75, 3.05) is 6.61 Å². The number of aryl methyl sites for hydroxylation is 1. The van der Waals surface area contributed by atoms with E-state index in [1.165, 1.54) is 13.8 Å². The number of hydrogen-bond donors (Lipinski definition) is 1. The van der Waals surface area contributed by atoms with Gasteiger partial charge in [-0.15, -0.1) is 0 Å². The molecule has 7 nitrogen and oxygen atoms in total. The second-order valence-electron chi connectivity index (χ2n) is 3.65. The van der Waals surface area contributed by atoms with Gasteiger partial charge in [-0.2, -0.15) is 4.98 Å². The Morgan fingerprint density at radius 3 is 2.68 bits per heavy atom. The van der Waals surface area contributed by atoms with Crippen LogP contribution < -0.4 is 10.8 Å². The third-order valence-corrected chi connectivity index (χ3v) is 3.25. The lowest BCUT2D eigenvalue weighted by atomic mass is 10.2. The number of esters is 1. The molecule has 0 aliphatic rings. The summed E-state index contributed by atoms with van der Waals surface area (Å²) in [5.41, 5.74) is -0.301. The van der Waals surface area contributed by atoms with Gasteiger partial charge in [-0.3, -0.25) is 0 Å². The van der Waals surface area contributed by atoms with Crippen molar-refractivity contribution < 1.29 is 19.4 Å². The highest BCUT2D eigenvalue weighted by Gasteiger charge is 2.21. The number of aliphatic carboxylic acids is 1. The van der Waals surface area contributed by atoms with Crippen LogP contribution in [0.1, 0.15) is 29.9 Å². The van der Waals surface area contributed by atoms with E-state index in [0.29, 0.717) is 0 Å². The van der Waals surface area contributed by atoms with Gasteiger partial charge in [0.2, 0.25) is 0 Å². The van der Waals surface area contributed by atoms with Gasteiger partial charge >= 0.3 is 11.7 Å². The largest absolute Gasteiger partial charge is 0.549 e. The molecule has 1 aromatic heterocycles. The number of aromatic nitrogens is 2. The molecule has 104 valence electrons. The number of carbonyl (C=O) groups excluding carboxylic acids is 2. The average molecular weight is 285 g/mol. The van der Waals surface area contributed by atoms with Gasteiger partial charge in [0.1, 0.15) is 10.6 Å². The minimum absolute atomic E-state index is 0.0244. The molecule has 0 saturated heterocycles. The molecule has 0 bridgehead atoms. The van der Waals surface area contributed by atoms with Crippen LogP contribution in [0.2, 0.25) is 0 Å². The van der Waals surface area contributed by atoms with Gasteiger partial charge < -0.3 is 19.6 Å². The topological polar surface area (TPSA) is 112 Å². The molecule has 0 aromatic carbocycles. The highest BCUT2D eigenvalue weighted by atomic mass is 32.2. The van der Waals surface area contributed by atoms with Gasteiger partial charge in [-0.05, 0) is 20.8 Å². The van der Waals surface area contributed by atoms with Crippen LogP contribution in [-0.4, -0.2) is 33.8 Å². The molecule has 0 unspecified atom stereocenters. The van der Waals surface area contributed by atoms with E-state index < -0.39 is 22.9 Å². The summed E-state index contributed by atoms with van der Waals surface area (Å²) in [7, 11) is 0. The number of aromatic amines is 1. The number of thioether (sulfide) groups is 1. The van der Waals surface area contributed by atoms with E-state index >= 15 is 0 Å². The van der Waals surface area contributed by atoms with Crippen LogP contribution in [-0.2, 0) is 9.53 Å². The van der Waals surface area contributed by atoms with Crippen molar-refractivity contribution in [1.82, 2.24) is 9.97 Å². The predicted octanol–water partition coefficient (Wildman–Crippen LogP) is -0.514. The number of rotatable bonds is 5. The SMILES string of the molecule is CCOC(=O)c1c(S[C@H](C)C(=O)[O-])nc(=O)[nH]c1C. The van der Waals surface area contributed by atoms with Gasteiger partial charge in [-0.25, -0.2) is 9.59 Å². The molecular weight excluding hydrogens is 272 g/mol. The number of hydrogen-bond acceptors (Lipinski definition) is 7. The van der Waals surface area contributed by atoms with Crippen molar-refractivity contribution in [3.05, 3.63) is 21.7 Å². The Hall–Kier alpha value is -1.83. The van der Waals surface area contributed by atoms with E-state index in [1.807, 2.05) is 0 Å². The zero-order valence-corrected chi connectivity index (χ0v) is 11.5. The molecule has 0 spiro atoms. The van der Waals surface area contributed by atoms with Gasteiger partial charge in [-0.1, -0.05) is 11.8 Å². The van der Waals surface area contributed by atoms with Gasteiger partial charge in [0.25, 0.3) is 0 Å². The van der Waals surface area contributed by atoms with E-state index in [2.05, 4.69) is 9.97 Å². The normalized spacial score (nSPS) is 11.9. The van der Waals surface area contributed by atoms with Crippen LogP contribution in [0.15, 0.2) is 9.82 Å². The van der Waals surface area contributed by atoms with E-state index in [0.717, 1.165) is 11.8 Å². The Labute approximate surface area is 113 Å². The molecule has 1 rings (SSSR count). The summed E-state index contributed by atoms with van der Waals surface area (Å²) in [4.78, 5) is 39.8. The maximum atomic E-state index is 11.8. The molecule has 1 heterocycles. The molecule has 19 heavy (non-hydrogen) atoms. The van der Waals surface area contributed by atoms with Crippen LogP contribution in [0.25, 0.3) is 0 Å². The van der Waals surface area contributed by atoms with E-state index in [4.69, 9.17) is 4.74 Å². The molecule has 1 atom stereocenters. The Morgan fingerprint density at radius 1 is 1.53 bits per heavy atom. The summed E-state index contributed by atoms with van der Waals surface area (Å²) in [6, 6.07) is 0. The first kappa shape index (κ1) is 15.2. The highest BCUT2D eigenvalue weighted by molar-refractivity contribution is 8.00. The minimum atomic E-state index is -1.31. The second-order valence-corrected chi connectivity index (χ2v) is 4.98. The van der Waals surface area contributed by atoms with Crippen LogP contribution in [0.3, 0.4) is 0 Å². The number of carboxylic acids is 1. The fourth-order valence-electron chi connectivity index (χ4n) is 1.30. The lowest BCUT2D eigenvalue weighted by molar-refractivity contribution is -0.304. The Morgan fingerprint density at radius 2 is 2.16 bits per heavy atom. The molecule has 0 aliphatic carbocycles. The number of nitrogens with one attached hydrogen (secondary N) is 1. The molecule has 0 amide bonds. The lowest BCUT2D eigenvalue weighted by Gasteiger charge is -2.14. The van der Waals surface area contributed by atoms with Crippen LogP contribution >= 0.6 is 11.8 Å². The predicted molar refractivity (Wildman–Crippen MR) is 65.9 cm³/mol. The summed E-state index contributed by atoms with van der Waals surface area (Å²) in [6.07, 6.45) is 0. The maximum absolute atomic E-state index is 11.8. The molecule has 1 aromatic rings. The standard InChI is InChI=1S/C11H14N2O5S/c1-4-18-10(16)7-5(2)12-11(17)13-8(7)19-6(3)9(14)15/h6H,4H2,1-3H3,(H,14,15)(H,12,13,17)/p-1/t6-/m1/s1. The van der Waals surface area contributed by atoms with Crippen molar-refractivity contribution in [1.29, 1.82) is 0 Å². The number of carbonyl (C=O) groups is 2. The fourth-order valence-corrected chi connectivity index (χ4v) is 2.22. The molecule has 0 aliphatic heterocycles. The minimum Gasteiger partial charge on any atom is -0.549 e. The zero-order chi connectivity index (χ0) is 14.6. The van der Waals surface area contributed by atoms with Crippen LogP contribution in [0, 0.1) is 6.92 Å². The number of ether oxygens (including phenoxy) is 1. The Bertz CT molecular complexity index is 555. The smallest absolute Gasteiger partial charge is 0.346 e. The van der Waals surface area contributed by atoms with Crippen molar-refractivity contribution in [2.45, 2.75) is 31.0 Å². The van der Waals surface area contributed by atoms with E-state index in [1.54, 1.807) is 6.92 Å². The number of H-pyrrole nitrogens is 1. The van der Waals surface area contributed by atoms with Crippen molar-refractivity contribution in [2.24, 2.45) is 0 Å². The van der Waals surface area contributed by atoms with E-state index in [9.17, 15) is 19.5 Å². The van der Waals surface area contributed by atoms with Crippen molar-refractivity contribution >= 4 is 23.7 Å². The van der Waals surface area contributed by atoms with Crippen molar-refractivity contribution in [3.8, 4) is 0 Å². The molecule has 1 N–H and O–H groups in total. The van der Waals surface area contributed by atoms with Gasteiger partial charge in [0, 0.05) is 10.9 Å². The zero-order valence-electron chi connectivity index (χ0n) is 10.7. The maximum Gasteiger partial charge on any atom is 0.346 e. The molecule has 0 fully saturated rings. The summed E-state index contributed by atoms with van der Waals surface area (Å²) >= 11 is 0.767. The van der Waals surface area contributed by atoms with E-state index in [-0.39, 0.29) is 22.9 Å². The lowest BCUT2D eigenvalue weighted by Crippen LogP contribution is -2.32. The first-order valence-corrected chi connectivity index (χ1v) is 6.40. The molecule has 8 heteroatoms. The second kappa shape index (κ2) is 6.37. The molecular formula is C11H13N2O5S-. The summed E-state index contributed by atoms with van der Waals surface area (Å²) in [6.45, 7) is 4.71. The Balaban J connectivity index is 3.24. The average Bonchev–Trinajstić information content (AvgIpc) is 2.27. The van der Waals surface area contributed by atoms with Crippen molar-refractivity contribution in [3.63, 3.8) is 0 Å². The first-order valence-electron chi connectivity index (χ1n) is 5.52. The highest BCUT2D eigenvalue weighted by Crippen LogP contribution is 2.25. The summed E-state index contributed by atoms with van der Waals surface area (Å²) in [5.74, 6) is -1.96. The Kier molecular flexibility index (Phi) is 5.11. The fraction of sp³-hybridized carbons (Fsp3) is 0.455. The van der Waals surface area contributed by atoms with Crippen LogP contribution in [0.4, 0.5) is 0 Å². The summed E-state index contributed by atoms with van der Waals surface area (Å²) < 4.78 is 4.85. The number of carboxylic acid groups (broad SMARTS) is 1. The third-order valence-electron chi connectivity index (χ3n) is 2.19. The third kappa shape index (κ3) is 3.82. The quantitative estimate of drug-likeness (QED) is 0.440. The van der Waals surface area contributed by atoms with Gasteiger partial charge in [0.05, 0.1) is 12.6 Å².